The van der Waals surface area contributed by atoms with Crippen molar-refractivity contribution in [1.82, 2.24) is 14.5 Å². The van der Waals surface area contributed by atoms with Crippen LogP contribution in [-0.4, -0.2) is 19.8 Å². The van der Waals surface area contributed by atoms with Crippen molar-refractivity contribution >= 4 is 16.8 Å². The molecule has 0 aliphatic carbocycles. The SMILES string of the molecule is O=C(Cl)c1cn(-c2cccc(-c3ccnc(F)c3)c2)cn1. The summed E-state index contributed by atoms with van der Waals surface area (Å²) in [7, 11) is 0. The van der Waals surface area contributed by atoms with Crippen molar-refractivity contribution in [3.63, 3.8) is 0 Å². The van der Waals surface area contributed by atoms with Gasteiger partial charge in [-0.2, -0.15) is 4.39 Å². The maximum Gasteiger partial charge on any atom is 0.272 e. The summed E-state index contributed by atoms with van der Waals surface area (Å²) in [6.07, 6.45) is 4.46. The summed E-state index contributed by atoms with van der Waals surface area (Å²) in [6.45, 7) is 0. The van der Waals surface area contributed by atoms with E-state index in [1.54, 1.807) is 16.8 Å². The quantitative estimate of drug-likeness (QED) is 0.550. The lowest BCUT2D eigenvalue weighted by atomic mass is 10.1. The zero-order valence-corrected chi connectivity index (χ0v) is 11.5. The Balaban J connectivity index is 2.01. The van der Waals surface area contributed by atoms with Crippen molar-refractivity contribution in [2.45, 2.75) is 0 Å². The number of hydrogen-bond donors (Lipinski definition) is 0. The lowest BCUT2D eigenvalue weighted by Crippen LogP contribution is -1.92. The van der Waals surface area contributed by atoms with E-state index in [4.69, 9.17) is 11.6 Å². The van der Waals surface area contributed by atoms with E-state index >= 15 is 0 Å². The van der Waals surface area contributed by atoms with E-state index in [-0.39, 0.29) is 5.69 Å². The van der Waals surface area contributed by atoms with Crippen molar-refractivity contribution in [3.05, 3.63) is 66.8 Å². The average molecular weight is 302 g/mol. The maximum atomic E-state index is 13.2. The van der Waals surface area contributed by atoms with Gasteiger partial charge in [0.25, 0.3) is 5.24 Å². The number of hydrogen-bond acceptors (Lipinski definition) is 3. The molecule has 0 atom stereocenters. The van der Waals surface area contributed by atoms with E-state index in [1.165, 1.54) is 18.6 Å². The van der Waals surface area contributed by atoms with Gasteiger partial charge in [-0.1, -0.05) is 12.1 Å². The predicted octanol–water partition coefficient (Wildman–Crippen LogP) is 3.45. The van der Waals surface area contributed by atoms with Gasteiger partial charge in [0.05, 0.1) is 0 Å². The van der Waals surface area contributed by atoms with Crippen LogP contribution < -0.4 is 0 Å². The molecule has 2 heterocycles. The first-order valence-corrected chi connectivity index (χ1v) is 6.47. The smallest absolute Gasteiger partial charge is 0.272 e. The second kappa shape index (κ2) is 5.46. The van der Waals surface area contributed by atoms with Gasteiger partial charge in [-0.05, 0) is 40.9 Å². The molecule has 0 amide bonds. The monoisotopic (exact) mass is 301 g/mol. The summed E-state index contributed by atoms with van der Waals surface area (Å²) < 4.78 is 14.9. The molecule has 3 aromatic rings. The van der Waals surface area contributed by atoms with Gasteiger partial charge < -0.3 is 4.57 Å². The minimum absolute atomic E-state index is 0.178. The number of rotatable bonds is 3. The molecule has 0 spiro atoms. The van der Waals surface area contributed by atoms with E-state index in [1.807, 2.05) is 24.3 Å². The first kappa shape index (κ1) is 13.5. The molecular formula is C15H9ClFN3O. The molecule has 2 aromatic heterocycles. The van der Waals surface area contributed by atoms with E-state index in [0.717, 1.165) is 16.8 Å². The number of halogens is 2. The van der Waals surface area contributed by atoms with Gasteiger partial charge in [0.15, 0.2) is 0 Å². The molecule has 0 saturated carbocycles. The van der Waals surface area contributed by atoms with E-state index in [2.05, 4.69) is 9.97 Å². The Kier molecular flexibility index (Phi) is 3.50. The largest absolute Gasteiger partial charge is 0.305 e. The standard InChI is InChI=1S/C15H9ClFN3O/c16-15(21)13-8-20(9-19-13)12-3-1-2-10(6-12)11-4-5-18-14(17)7-11/h1-9H. The van der Waals surface area contributed by atoms with Crippen LogP contribution in [0.2, 0.25) is 0 Å². The Morgan fingerprint density at radius 3 is 2.67 bits per heavy atom. The minimum Gasteiger partial charge on any atom is -0.305 e. The average Bonchev–Trinajstić information content (AvgIpc) is 2.97. The van der Waals surface area contributed by atoms with E-state index in [9.17, 15) is 9.18 Å². The number of benzene rings is 1. The zero-order valence-electron chi connectivity index (χ0n) is 10.7. The van der Waals surface area contributed by atoms with Gasteiger partial charge in [0, 0.05) is 24.1 Å². The molecule has 0 N–H and O–H groups in total. The van der Waals surface area contributed by atoms with Crippen LogP contribution in [-0.2, 0) is 0 Å². The number of pyridine rings is 1. The van der Waals surface area contributed by atoms with Gasteiger partial charge >= 0.3 is 0 Å². The molecule has 0 fully saturated rings. The fourth-order valence-corrected chi connectivity index (χ4v) is 2.09. The molecule has 0 bridgehead atoms. The van der Waals surface area contributed by atoms with Crippen LogP contribution in [0.4, 0.5) is 4.39 Å². The van der Waals surface area contributed by atoms with Crippen LogP contribution >= 0.6 is 11.6 Å². The van der Waals surface area contributed by atoms with Crippen molar-refractivity contribution < 1.29 is 9.18 Å². The lowest BCUT2D eigenvalue weighted by molar-refractivity contribution is 0.107. The Hall–Kier alpha value is -2.53. The highest BCUT2D eigenvalue weighted by Crippen LogP contribution is 2.22. The zero-order chi connectivity index (χ0) is 14.8. The molecule has 4 nitrogen and oxygen atoms in total. The molecule has 0 saturated heterocycles. The molecule has 6 heteroatoms. The molecule has 0 aliphatic rings. The molecule has 0 unspecified atom stereocenters. The van der Waals surface area contributed by atoms with Crippen LogP contribution in [0.25, 0.3) is 16.8 Å². The maximum absolute atomic E-state index is 13.2. The Bertz CT molecular complexity index is 816. The number of nitrogens with zero attached hydrogens (tertiary/aromatic N) is 3. The topological polar surface area (TPSA) is 47.8 Å². The van der Waals surface area contributed by atoms with Crippen LogP contribution in [0, 0.1) is 5.95 Å². The van der Waals surface area contributed by atoms with Crippen molar-refractivity contribution in [2.24, 2.45) is 0 Å². The number of carbonyl (C=O) groups excluding carboxylic acids is 1. The van der Waals surface area contributed by atoms with E-state index in [0.29, 0.717) is 0 Å². The number of imidazole rings is 1. The second-order valence-corrected chi connectivity index (χ2v) is 4.70. The Labute approximate surface area is 124 Å². The molecule has 1 aromatic carbocycles. The molecule has 0 aliphatic heterocycles. The van der Waals surface area contributed by atoms with Crippen molar-refractivity contribution in [3.8, 4) is 16.8 Å². The van der Waals surface area contributed by atoms with Gasteiger partial charge in [-0.3, -0.25) is 4.79 Å². The van der Waals surface area contributed by atoms with Crippen LogP contribution in [0.3, 0.4) is 0 Å². The molecule has 21 heavy (non-hydrogen) atoms. The van der Waals surface area contributed by atoms with Crippen LogP contribution in [0.5, 0.6) is 0 Å². The Morgan fingerprint density at radius 1 is 1.14 bits per heavy atom. The van der Waals surface area contributed by atoms with Gasteiger partial charge in [0.1, 0.15) is 12.0 Å². The summed E-state index contributed by atoms with van der Waals surface area (Å²) in [5.74, 6) is -0.532. The first-order chi connectivity index (χ1) is 10.1. The number of aromatic nitrogens is 3. The summed E-state index contributed by atoms with van der Waals surface area (Å²) in [5, 5.41) is -0.610. The third-order valence-corrected chi connectivity index (χ3v) is 3.18. The highest BCUT2D eigenvalue weighted by atomic mass is 35.5. The lowest BCUT2D eigenvalue weighted by Gasteiger charge is -2.06. The van der Waals surface area contributed by atoms with E-state index < -0.39 is 11.2 Å². The van der Waals surface area contributed by atoms with Gasteiger partial charge in [0.2, 0.25) is 5.95 Å². The molecule has 3 rings (SSSR count). The Morgan fingerprint density at radius 2 is 1.95 bits per heavy atom. The molecule has 0 radical (unpaired) electrons. The van der Waals surface area contributed by atoms with Crippen molar-refractivity contribution in [2.75, 3.05) is 0 Å². The minimum atomic E-state index is -0.610. The van der Waals surface area contributed by atoms with Gasteiger partial charge in [-0.25, -0.2) is 9.97 Å². The third kappa shape index (κ3) is 2.83. The highest BCUT2D eigenvalue weighted by molar-refractivity contribution is 6.67. The summed E-state index contributed by atoms with van der Waals surface area (Å²) in [4.78, 5) is 18.5. The van der Waals surface area contributed by atoms with Gasteiger partial charge in [-0.15, -0.1) is 0 Å². The first-order valence-electron chi connectivity index (χ1n) is 6.10. The summed E-state index contributed by atoms with van der Waals surface area (Å²) in [5.41, 5.74) is 2.53. The summed E-state index contributed by atoms with van der Waals surface area (Å²) in [6, 6.07) is 10.5. The fraction of sp³-hybridized carbons (Fsp3) is 0. The predicted molar refractivity (Wildman–Crippen MR) is 76.9 cm³/mol. The fourth-order valence-electron chi connectivity index (χ4n) is 1.99. The van der Waals surface area contributed by atoms with Crippen molar-refractivity contribution in [1.29, 1.82) is 0 Å². The highest BCUT2D eigenvalue weighted by Gasteiger charge is 2.07. The number of carbonyl (C=O) groups is 1. The summed E-state index contributed by atoms with van der Waals surface area (Å²) >= 11 is 5.39. The molecule has 104 valence electrons. The normalized spacial score (nSPS) is 10.6. The third-order valence-electron chi connectivity index (χ3n) is 2.99. The second-order valence-electron chi connectivity index (χ2n) is 4.36. The molecular weight excluding hydrogens is 293 g/mol. The van der Waals surface area contributed by atoms with Crippen LogP contribution in [0.15, 0.2) is 55.1 Å². The van der Waals surface area contributed by atoms with Crippen LogP contribution in [0.1, 0.15) is 10.5 Å².